The van der Waals surface area contributed by atoms with Gasteiger partial charge in [0.05, 0.1) is 39.1 Å². The van der Waals surface area contributed by atoms with Gasteiger partial charge in [-0.25, -0.2) is 14.4 Å². The summed E-state index contributed by atoms with van der Waals surface area (Å²) in [6, 6.07) is 9.96. The number of hydrogen-bond donors (Lipinski definition) is 3. The molecule has 0 saturated carbocycles. The van der Waals surface area contributed by atoms with Crippen LogP contribution in [-0.4, -0.2) is 57.6 Å². The molecule has 0 bridgehead atoms. The molecule has 3 rings (SSSR count). The summed E-state index contributed by atoms with van der Waals surface area (Å²) < 4.78 is 13.6. The van der Waals surface area contributed by atoms with Crippen LogP contribution < -0.4 is 14.2 Å². The number of aromatic carboxylic acids is 3. The summed E-state index contributed by atoms with van der Waals surface area (Å²) in [5.74, 6) is -4.18. The fourth-order valence-corrected chi connectivity index (χ4v) is 2.83. The Morgan fingerprint density at radius 3 is 1.27 bits per heavy atom. The van der Waals surface area contributed by atoms with E-state index in [9.17, 15) is 38.9 Å². The fraction of sp³-hybridized carbons (Fsp3) is 0. The van der Waals surface area contributed by atoms with Crippen LogP contribution in [0.3, 0.4) is 0 Å². The van der Waals surface area contributed by atoms with E-state index in [1.807, 2.05) is 0 Å². The van der Waals surface area contributed by atoms with Crippen molar-refractivity contribution < 1.29 is 63.2 Å². The van der Waals surface area contributed by atoms with Gasteiger partial charge < -0.3 is 29.5 Å². The van der Waals surface area contributed by atoms with E-state index in [1.165, 1.54) is 24.3 Å². The minimum absolute atomic E-state index is 0.0420. The van der Waals surface area contributed by atoms with Crippen LogP contribution in [0, 0.1) is 10.1 Å². The molecule has 0 aliphatic rings. The molecule has 0 amide bonds. The summed E-state index contributed by atoms with van der Waals surface area (Å²) in [6.45, 7) is 0.313. The normalized spacial score (nSPS) is 9.95. The van der Waals surface area contributed by atoms with Gasteiger partial charge in [-0.15, -0.1) is 0 Å². The van der Waals surface area contributed by atoms with Gasteiger partial charge in [-0.05, 0) is 30.3 Å². The number of carbonyl (C=O) groups is 6. The molecule has 0 fully saturated rings. The van der Waals surface area contributed by atoms with Crippen LogP contribution in [-0.2, 0) is 14.4 Å². The Balaban J connectivity index is 0.000000333. The summed E-state index contributed by atoms with van der Waals surface area (Å²) in [7, 11) is 0. The summed E-state index contributed by atoms with van der Waals surface area (Å²) in [4.78, 5) is 73.2. The van der Waals surface area contributed by atoms with Crippen molar-refractivity contribution in [3.63, 3.8) is 0 Å². The first-order chi connectivity index (χ1) is 19.5. The first-order valence-electron chi connectivity index (χ1n) is 10.5. The number of non-ortho nitro benzene ring substituents is 1. The first-order valence-corrected chi connectivity index (χ1v) is 10.5. The smallest absolute Gasteiger partial charge is 0.336 e. The van der Waals surface area contributed by atoms with Gasteiger partial charge in [-0.3, -0.25) is 24.5 Å². The van der Waals surface area contributed by atoms with E-state index in [2.05, 4.69) is 24.4 Å². The lowest BCUT2D eigenvalue weighted by Gasteiger charge is -2.03. The van der Waals surface area contributed by atoms with Crippen molar-refractivity contribution in [2.45, 2.75) is 0 Å². The van der Waals surface area contributed by atoms with Crippen LogP contribution in [0.15, 0.2) is 64.8 Å². The largest absolute Gasteiger partial charge is 0.478 e. The number of nitro groups is 1. The minimum Gasteiger partial charge on any atom is -0.478 e. The van der Waals surface area contributed by atoms with Gasteiger partial charge in [0.1, 0.15) is 17.2 Å². The molecule has 0 atom stereocenters. The van der Waals surface area contributed by atoms with Crippen molar-refractivity contribution in [3.05, 3.63) is 81.4 Å². The lowest BCUT2D eigenvalue weighted by atomic mass is 10.2. The number of azo groups is 1. The third kappa shape index (κ3) is 9.38. The predicted octanol–water partition coefficient (Wildman–Crippen LogP) is 3.40. The van der Waals surface area contributed by atoms with E-state index < -0.39 is 28.5 Å². The zero-order valence-electron chi connectivity index (χ0n) is 20.1. The topological polar surface area (TPSA) is 259 Å². The number of carbonyl (C=O) groups excluding carboxylic acids is 3. The number of nitro benzene ring substituents is 1. The highest BCUT2D eigenvalue weighted by atomic mass is 16.6. The number of nitrogens with zero attached hydrogens (tertiary/aromatic N) is 3. The third-order valence-corrected chi connectivity index (χ3v) is 4.46. The maximum atomic E-state index is 11.1. The summed E-state index contributed by atoms with van der Waals surface area (Å²) in [5, 5.41) is 44.7. The second-order valence-corrected chi connectivity index (χ2v) is 7.16. The number of hydrogen-bond acceptors (Lipinski definition) is 13. The Morgan fingerprint density at radius 2 is 0.951 bits per heavy atom. The summed E-state index contributed by atoms with van der Waals surface area (Å²) >= 11 is 0. The molecule has 0 saturated heterocycles. The highest BCUT2D eigenvalue weighted by Crippen LogP contribution is 2.28. The predicted molar refractivity (Wildman–Crippen MR) is 131 cm³/mol. The van der Waals surface area contributed by atoms with Crippen molar-refractivity contribution in [2.24, 2.45) is 10.2 Å². The van der Waals surface area contributed by atoms with Gasteiger partial charge in [-0.2, -0.15) is 10.2 Å². The molecule has 17 nitrogen and oxygen atoms in total. The van der Waals surface area contributed by atoms with Crippen molar-refractivity contribution >= 4 is 54.4 Å². The molecule has 3 N–H and O–H groups in total. The van der Waals surface area contributed by atoms with Gasteiger partial charge in [0.25, 0.3) is 25.1 Å². The molecular weight excluding hydrogens is 554 g/mol. The Labute approximate surface area is 227 Å². The Morgan fingerprint density at radius 1 is 0.610 bits per heavy atom. The third-order valence-electron chi connectivity index (χ3n) is 4.46. The van der Waals surface area contributed by atoms with E-state index in [0.29, 0.717) is 0 Å². The zero-order chi connectivity index (χ0) is 30.5. The number of carboxylic acids is 3. The van der Waals surface area contributed by atoms with E-state index >= 15 is 0 Å². The monoisotopic (exact) mass is 569 g/mol. The standard InChI is InChI=1S/C16H10N2O8.C8H5NO6/c19-7-25-13-3-9(15(21)22)1-11(5-13)17-18-12-2-10(16(23)24)4-14(6-12)26-8-20;10-4-15-7-2-5(8(11)12)1-6(3-7)9(13)14/h1-8H,(H,21,22)(H,23,24);1-4H,(H,11,12). The van der Waals surface area contributed by atoms with Crippen molar-refractivity contribution in [2.75, 3.05) is 0 Å². The van der Waals surface area contributed by atoms with Gasteiger partial charge in [-0.1, -0.05) is 0 Å². The summed E-state index contributed by atoms with van der Waals surface area (Å²) in [6.07, 6.45) is 0. The number of benzene rings is 3. The molecule has 0 aliphatic heterocycles. The molecule has 17 heteroatoms. The molecule has 41 heavy (non-hydrogen) atoms. The Hall–Kier alpha value is -6.52. The maximum absolute atomic E-state index is 11.1. The fourth-order valence-electron chi connectivity index (χ4n) is 2.83. The van der Waals surface area contributed by atoms with Gasteiger partial charge >= 0.3 is 17.9 Å². The average Bonchev–Trinajstić information content (AvgIpc) is 2.92. The van der Waals surface area contributed by atoms with Gasteiger partial charge in [0, 0.05) is 18.2 Å². The van der Waals surface area contributed by atoms with Crippen LogP contribution >= 0.6 is 0 Å². The molecule has 210 valence electrons. The molecule has 0 heterocycles. The SMILES string of the molecule is O=COc1cc(C(=O)O)cc([N+](=O)[O-])c1.O=COc1cc(N=Nc2cc(OC=O)cc(C(=O)O)c2)cc(C(=O)O)c1. The van der Waals surface area contributed by atoms with E-state index in [0.717, 1.165) is 30.3 Å². The van der Waals surface area contributed by atoms with Crippen molar-refractivity contribution in [1.29, 1.82) is 0 Å². The average molecular weight is 569 g/mol. The Bertz CT molecular complexity index is 1440. The van der Waals surface area contributed by atoms with Crippen LogP contribution in [0.4, 0.5) is 17.1 Å². The van der Waals surface area contributed by atoms with Gasteiger partial charge in [0.2, 0.25) is 0 Å². The molecule has 0 aliphatic carbocycles. The molecular formula is C24H15N3O14. The zero-order valence-corrected chi connectivity index (χ0v) is 20.1. The molecule has 0 aromatic heterocycles. The lowest BCUT2D eigenvalue weighted by Crippen LogP contribution is -2.00. The summed E-state index contributed by atoms with van der Waals surface area (Å²) in [5.41, 5.74) is -1.07. The number of ether oxygens (including phenoxy) is 3. The van der Waals surface area contributed by atoms with Crippen LogP contribution in [0.1, 0.15) is 31.1 Å². The highest BCUT2D eigenvalue weighted by molar-refractivity contribution is 5.90. The van der Waals surface area contributed by atoms with Crippen LogP contribution in [0.5, 0.6) is 17.2 Å². The second-order valence-electron chi connectivity index (χ2n) is 7.16. The molecule has 3 aromatic carbocycles. The molecule has 0 radical (unpaired) electrons. The van der Waals surface area contributed by atoms with Crippen molar-refractivity contribution in [3.8, 4) is 17.2 Å². The maximum Gasteiger partial charge on any atom is 0.336 e. The second kappa shape index (κ2) is 14.4. The van der Waals surface area contributed by atoms with Crippen LogP contribution in [0.25, 0.3) is 0 Å². The van der Waals surface area contributed by atoms with Crippen molar-refractivity contribution in [1.82, 2.24) is 0 Å². The van der Waals surface area contributed by atoms with E-state index in [4.69, 9.17) is 15.3 Å². The molecule has 0 spiro atoms. The highest BCUT2D eigenvalue weighted by Gasteiger charge is 2.14. The number of rotatable bonds is 12. The van der Waals surface area contributed by atoms with Gasteiger partial charge in [0.15, 0.2) is 0 Å². The van der Waals surface area contributed by atoms with E-state index in [-0.39, 0.29) is 64.7 Å². The quantitative estimate of drug-likeness (QED) is 0.122. The number of carboxylic acid groups (broad SMARTS) is 3. The van der Waals surface area contributed by atoms with Crippen LogP contribution in [0.2, 0.25) is 0 Å². The van der Waals surface area contributed by atoms with E-state index in [1.54, 1.807) is 0 Å². The first kappa shape index (κ1) is 30.7. The lowest BCUT2D eigenvalue weighted by molar-refractivity contribution is -0.384. The molecule has 0 unspecified atom stereocenters. The minimum atomic E-state index is -1.34. The Kier molecular flexibility index (Phi) is 10.8. The molecule has 3 aromatic rings.